The van der Waals surface area contributed by atoms with Crippen LogP contribution in [0.2, 0.25) is 0 Å². The lowest BCUT2D eigenvalue weighted by Crippen LogP contribution is -2.66. The molecule has 1 aliphatic heterocycles. The second-order valence-corrected chi connectivity index (χ2v) is 9.56. The second-order valence-electron chi connectivity index (χ2n) is 9.56. The van der Waals surface area contributed by atoms with Crippen LogP contribution in [-0.4, -0.2) is 44.5 Å². The highest BCUT2D eigenvalue weighted by atomic mass is 19.4. The molecule has 0 radical (unpaired) electrons. The Morgan fingerprint density at radius 1 is 1.19 bits per heavy atom. The number of carbonyl (C=O) groups excluding carboxylic acids is 1. The molecule has 3 heterocycles. The van der Waals surface area contributed by atoms with Crippen LogP contribution in [0.5, 0.6) is 0 Å². The lowest BCUT2D eigenvalue weighted by atomic mass is 9.51. The minimum Gasteiger partial charge on any atom is -0.435 e. The third-order valence-electron chi connectivity index (χ3n) is 7.61. The minimum atomic E-state index is -4.89. The highest BCUT2D eigenvalue weighted by Gasteiger charge is 2.59. The number of hydrogen-bond acceptors (Lipinski definition) is 5. The van der Waals surface area contributed by atoms with Crippen molar-refractivity contribution in [3.63, 3.8) is 0 Å². The van der Waals surface area contributed by atoms with Crippen molar-refractivity contribution >= 4 is 17.0 Å². The predicted molar refractivity (Wildman–Crippen MR) is 111 cm³/mol. The second kappa shape index (κ2) is 6.52. The maximum atomic E-state index is 13.3. The molecule has 5 rings (SSSR count). The topological polar surface area (TPSA) is 72.1 Å². The third-order valence-corrected chi connectivity index (χ3v) is 7.61. The lowest BCUT2D eigenvalue weighted by Gasteiger charge is -2.60. The predicted octanol–water partition coefficient (Wildman–Crippen LogP) is 4.60. The number of benzene rings is 1. The van der Waals surface area contributed by atoms with E-state index < -0.39 is 29.0 Å². The fourth-order valence-electron chi connectivity index (χ4n) is 5.35. The van der Waals surface area contributed by atoms with Crippen LogP contribution < -0.4 is 0 Å². The molecule has 2 bridgehead atoms. The molecule has 1 aromatic carbocycles. The van der Waals surface area contributed by atoms with E-state index in [0.717, 1.165) is 21.7 Å². The van der Waals surface area contributed by atoms with Crippen LogP contribution >= 0.6 is 0 Å². The summed E-state index contributed by atoms with van der Waals surface area (Å²) in [5, 5.41) is 0. The highest BCUT2D eigenvalue weighted by Crippen LogP contribution is 2.57. The van der Waals surface area contributed by atoms with Gasteiger partial charge in [0.25, 0.3) is 0 Å². The molecular weight excluding hydrogens is 421 g/mol. The number of oxazole rings is 1. The normalized spacial score (nSPS) is 24.5. The first-order valence-electron chi connectivity index (χ1n) is 10.5. The Bertz CT molecular complexity index is 1230. The molecule has 6 nitrogen and oxygen atoms in total. The standard InChI is InChI=1S/C23H23F3N4O2/c1-12-10-28-16(11-27-12)19-29-15-9-14-13(7-17(15)32-19)8-18-21(2,3)22(14,4)5-6-30(18)20(31)23(24,25)26/h7,9-11,18H,5-6,8H2,1-4H3/t18-,22+/m1/s1. The molecule has 1 fully saturated rings. The maximum Gasteiger partial charge on any atom is 0.471 e. The molecule has 1 saturated heterocycles. The van der Waals surface area contributed by atoms with Crippen LogP contribution in [0.15, 0.2) is 28.9 Å². The molecule has 1 amide bonds. The molecule has 0 saturated carbocycles. The van der Waals surface area contributed by atoms with Gasteiger partial charge in [-0.05, 0) is 48.4 Å². The summed E-state index contributed by atoms with van der Waals surface area (Å²) in [6, 6.07) is 3.27. The highest BCUT2D eigenvalue weighted by molar-refractivity contribution is 5.83. The van der Waals surface area contributed by atoms with E-state index in [1.807, 2.05) is 32.9 Å². The summed E-state index contributed by atoms with van der Waals surface area (Å²) in [6.07, 6.45) is -0.893. The fraction of sp³-hybridized carbons (Fsp3) is 0.478. The SMILES string of the molecule is Cc1cnc(-c2nc3cc4c(cc3o2)C[C@H]2N(C(=O)C(F)(F)F)CC[C@]4(C)C2(C)C)cn1. The van der Waals surface area contributed by atoms with Gasteiger partial charge in [0.2, 0.25) is 5.89 Å². The Hall–Kier alpha value is -2.97. The number of amides is 1. The van der Waals surface area contributed by atoms with E-state index >= 15 is 0 Å². The first kappa shape index (κ1) is 20.9. The van der Waals surface area contributed by atoms with Crippen molar-refractivity contribution in [3.05, 3.63) is 41.3 Å². The molecule has 0 N–H and O–H groups in total. The van der Waals surface area contributed by atoms with E-state index in [0.29, 0.717) is 35.5 Å². The van der Waals surface area contributed by atoms with E-state index in [4.69, 9.17) is 4.42 Å². The first-order chi connectivity index (χ1) is 14.9. The van der Waals surface area contributed by atoms with Gasteiger partial charge in [-0.15, -0.1) is 0 Å². The largest absolute Gasteiger partial charge is 0.471 e. The van der Waals surface area contributed by atoms with Gasteiger partial charge in [0.15, 0.2) is 5.58 Å². The van der Waals surface area contributed by atoms with Gasteiger partial charge < -0.3 is 9.32 Å². The summed E-state index contributed by atoms with van der Waals surface area (Å²) < 4.78 is 45.7. The Morgan fingerprint density at radius 3 is 2.59 bits per heavy atom. The zero-order valence-corrected chi connectivity index (χ0v) is 18.2. The van der Waals surface area contributed by atoms with Gasteiger partial charge in [-0.2, -0.15) is 13.2 Å². The molecular formula is C23H23F3N4O2. The van der Waals surface area contributed by atoms with E-state index in [9.17, 15) is 18.0 Å². The van der Waals surface area contributed by atoms with Crippen molar-refractivity contribution in [2.75, 3.05) is 6.54 Å². The summed E-state index contributed by atoms with van der Waals surface area (Å²) >= 11 is 0. The molecule has 2 aliphatic rings. The van der Waals surface area contributed by atoms with Gasteiger partial charge in [0.1, 0.15) is 11.2 Å². The van der Waals surface area contributed by atoms with Gasteiger partial charge in [-0.25, -0.2) is 9.97 Å². The average Bonchev–Trinajstić information content (AvgIpc) is 3.12. The lowest BCUT2D eigenvalue weighted by molar-refractivity contribution is -0.195. The number of piperidine rings is 1. The minimum absolute atomic E-state index is 0.0729. The number of hydrogen-bond donors (Lipinski definition) is 0. The van der Waals surface area contributed by atoms with Crippen LogP contribution in [0.4, 0.5) is 13.2 Å². The van der Waals surface area contributed by atoms with E-state index in [1.54, 1.807) is 12.4 Å². The number of fused-ring (bicyclic) bond motifs is 5. The zero-order valence-electron chi connectivity index (χ0n) is 18.2. The molecule has 32 heavy (non-hydrogen) atoms. The number of likely N-dealkylation sites (tertiary alicyclic amines) is 1. The Kier molecular flexibility index (Phi) is 4.26. The smallest absolute Gasteiger partial charge is 0.435 e. The number of rotatable bonds is 1. The monoisotopic (exact) mass is 444 g/mol. The van der Waals surface area contributed by atoms with Crippen LogP contribution in [0.1, 0.15) is 44.0 Å². The van der Waals surface area contributed by atoms with Crippen molar-refractivity contribution in [1.82, 2.24) is 19.9 Å². The van der Waals surface area contributed by atoms with Crippen LogP contribution in [0.25, 0.3) is 22.7 Å². The van der Waals surface area contributed by atoms with Crippen LogP contribution in [0.3, 0.4) is 0 Å². The fourth-order valence-corrected chi connectivity index (χ4v) is 5.35. The van der Waals surface area contributed by atoms with Crippen molar-refractivity contribution in [2.24, 2.45) is 5.41 Å². The molecule has 2 aromatic heterocycles. The Morgan fingerprint density at radius 2 is 1.94 bits per heavy atom. The van der Waals surface area contributed by atoms with Gasteiger partial charge in [-0.1, -0.05) is 20.8 Å². The maximum absolute atomic E-state index is 13.3. The molecule has 3 aromatic rings. The number of aromatic nitrogens is 3. The van der Waals surface area contributed by atoms with Crippen LogP contribution in [0, 0.1) is 12.3 Å². The third kappa shape index (κ3) is 2.86. The first-order valence-corrected chi connectivity index (χ1v) is 10.5. The number of alkyl halides is 3. The van der Waals surface area contributed by atoms with Crippen molar-refractivity contribution < 1.29 is 22.4 Å². The quantitative estimate of drug-likeness (QED) is 0.549. The molecule has 168 valence electrons. The number of carbonyl (C=O) groups is 1. The van der Waals surface area contributed by atoms with E-state index in [2.05, 4.69) is 21.9 Å². The van der Waals surface area contributed by atoms with Crippen LogP contribution in [-0.2, 0) is 16.6 Å². The summed E-state index contributed by atoms with van der Waals surface area (Å²) in [7, 11) is 0. The van der Waals surface area contributed by atoms with Crippen molar-refractivity contribution in [3.8, 4) is 11.6 Å². The van der Waals surface area contributed by atoms with E-state index in [-0.39, 0.29) is 6.54 Å². The van der Waals surface area contributed by atoms with Crippen molar-refractivity contribution in [2.45, 2.75) is 58.2 Å². The number of halogens is 3. The molecule has 2 atom stereocenters. The summed E-state index contributed by atoms with van der Waals surface area (Å²) in [4.78, 5) is 26.3. The number of nitrogens with zero attached hydrogens (tertiary/aromatic N) is 4. The summed E-state index contributed by atoms with van der Waals surface area (Å²) in [5.41, 5.74) is 3.48. The summed E-state index contributed by atoms with van der Waals surface area (Å²) in [6.45, 7) is 7.90. The molecule has 1 aliphatic carbocycles. The van der Waals surface area contributed by atoms with Gasteiger partial charge >= 0.3 is 12.1 Å². The summed E-state index contributed by atoms with van der Waals surface area (Å²) in [5.74, 6) is -1.42. The van der Waals surface area contributed by atoms with Gasteiger partial charge in [-0.3, -0.25) is 9.78 Å². The number of aryl methyl sites for hydroxylation is 1. The Balaban J connectivity index is 1.62. The average molecular weight is 444 g/mol. The molecule has 0 unspecified atom stereocenters. The molecule has 9 heteroatoms. The molecule has 0 spiro atoms. The van der Waals surface area contributed by atoms with Gasteiger partial charge in [0, 0.05) is 24.2 Å². The van der Waals surface area contributed by atoms with Crippen molar-refractivity contribution in [1.29, 1.82) is 0 Å². The zero-order chi connectivity index (χ0) is 23.1. The van der Waals surface area contributed by atoms with Gasteiger partial charge in [0.05, 0.1) is 11.9 Å². The Labute approximate surface area is 182 Å². The van der Waals surface area contributed by atoms with E-state index in [1.165, 1.54) is 0 Å².